The lowest BCUT2D eigenvalue weighted by molar-refractivity contribution is -0.274. The Bertz CT molecular complexity index is 556. The fraction of sp³-hybridized carbons (Fsp3) is 0.300. The molecular formula is C10H4F5N3O. The Labute approximate surface area is 103 Å². The standard InChI is InChI=1S/C10H4F5N3O/c11-9(12)5-3-8(19-10(13,14)15)7(4-17)18-6(5)1-2-16/h3,9H,1H2. The summed E-state index contributed by atoms with van der Waals surface area (Å²) in [5, 5.41) is 17.0. The van der Waals surface area contributed by atoms with Gasteiger partial charge in [-0.2, -0.15) is 10.5 Å². The highest BCUT2D eigenvalue weighted by atomic mass is 19.4. The first-order valence-electron chi connectivity index (χ1n) is 4.63. The number of halogens is 5. The van der Waals surface area contributed by atoms with E-state index in [2.05, 4.69) is 9.72 Å². The lowest BCUT2D eigenvalue weighted by Crippen LogP contribution is -2.19. The van der Waals surface area contributed by atoms with Crippen LogP contribution in [0, 0.1) is 22.7 Å². The number of nitriles is 2. The van der Waals surface area contributed by atoms with Crippen molar-refractivity contribution < 1.29 is 26.7 Å². The predicted octanol–water partition coefficient (Wildman–Crippen LogP) is 2.86. The van der Waals surface area contributed by atoms with Crippen molar-refractivity contribution in [2.24, 2.45) is 0 Å². The molecule has 0 spiro atoms. The summed E-state index contributed by atoms with van der Waals surface area (Å²) in [4.78, 5) is 3.30. The van der Waals surface area contributed by atoms with Crippen molar-refractivity contribution in [3.63, 3.8) is 0 Å². The Morgan fingerprint density at radius 2 is 1.95 bits per heavy atom. The Morgan fingerprint density at radius 1 is 1.32 bits per heavy atom. The van der Waals surface area contributed by atoms with Gasteiger partial charge in [0.05, 0.1) is 18.2 Å². The van der Waals surface area contributed by atoms with Crippen LogP contribution in [0.5, 0.6) is 5.75 Å². The van der Waals surface area contributed by atoms with E-state index in [0.717, 1.165) is 0 Å². The second-order valence-electron chi connectivity index (χ2n) is 3.17. The van der Waals surface area contributed by atoms with E-state index in [9.17, 15) is 22.0 Å². The number of nitrogens with zero attached hydrogens (tertiary/aromatic N) is 3. The molecule has 0 aliphatic carbocycles. The van der Waals surface area contributed by atoms with E-state index in [1.807, 2.05) is 0 Å². The van der Waals surface area contributed by atoms with E-state index in [-0.39, 0.29) is 0 Å². The van der Waals surface area contributed by atoms with E-state index in [1.165, 1.54) is 12.1 Å². The first kappa shape index (κ1) is 14.6. The number of rotatable bonds is 3. The van der Waals surface area contributed by atoms with Crippen LogP contribution < -0.4 is 4.74 Å². The number of pyridine rings is 1. The van der Waals surface area contributed by atoms with Crippen LogP contribution in [0.1, 0.15) is 23.4 Å². The third kappa shape index (κ3) is 3.78. The molecule has 0 saturated carbocycles. The van der Waals surface area contributed by atoms with Crippen LogP contribution in [0.25, 0.3) is 0 Å². The number of aromatic nitrogens is 1. The molecule has 0 bridgehead atoms. The molecule has 0 unspecified atom stereocenters. The number of ether oxygens (including phenoxy) is 1. The predicted molar refractivity (Wildman–Crippen MR) is 49.9 cm³/mol. The van der Waals surface area contributed by atoms with E-state index < -0.39 is 41.9 Å². The zero-order valence-corrected chi connectivity index (χ0v) is 9.00. The zero-order chi connectivity index (χ0) is 14.6. The van der Waals surface area contributed by atoms with Gasteiger partial charge in [-0.05, 0) is 6.07 Å². The van der Waals surface area contributed by atoms with Crippen molar-refractivity contribution in [3.05, 3.63) is 23.0 Å². The minimum atomic E-state index is -5.14. The molecule has 1 aromatic rings. The molecule has 0 aliphatic rings. The van der Waals surface area contributed by atoms with E-state index in [0.29, 0.717) is 6.07 Å². The maximum absolute atomic E-state index is 12.6. The second kappa shape index (κ2) is 5.48. The minimum Gasteiger partial charge on any atom is -0.403 e. The molecule has 0 atom stereocenters. The van der Waals surface area contributed by atoms with Crippen molar-refractivity contribution in [3.8, 4) is 17.9 Å². The highest BCUT2D eigenvalue weighted by Crippen LogP contribution is 2.31. The summed E-state index contributed by atoms with van der Waals surface area (Å²) in [6.45, 7) is 0. The molecule has 1 rings (SSSR count). The van der Waals surface area contributed by atoms with Crippen molar-refractivity contribution in [1.29, 1.82) is 10.5 Å². The summed E-state index contributed by atoms with van der Waals surface area (Å²) in [6, 6.07) is 3.19. The van der Waals surface area contributed by atoms with Gasteiger partial charge in [-0.15, -0.1) is 13.2 Å². The monoisotopic (exact) mass is 277 g/mol. The number of hydrogen-bond acceptors (Lipinski definition) is 4. The van der Waals surface area contributed by atoms with Crippen LogP contribution in [-0.4, -0.2) is 11.3 Å². The Balaban J connectivity index is 3.37. The van der Waals surface area contributed by atoms with Gasteiger partial charge < -0.3 is 4.74 Å². The van der Waals surface area contributed by atoms with Crippen LogP contribution in [-0.2, 0) is 6.42 Å². The molecule has 0 fully saturated rings. The quantitative estimate of drug-likeness (QED) is 0.796. The summed E-state index contributed by atoms with van der Waals surface area (Å²) < 4.78 is 64.8. The van der Waals surface area contributed by atoms with Gasteiger partial charge in [-0.1, -0.05) is 0 Å². The van der Waals surface area contributed by atoms with Crippen molar-refractivity contribution in [2.45, 2.75) is 19.2 Å². The molecule has 0 saturated heterocycles. The average Bonchev–Trinajstić information content (AvgIpc) is 2.28. The summed E-state index contributed by atoms with van der Waals surface area (Å²) in [5.41, 5.74) is -2.14. The molecule has 100 valence electrons. The molecule has 19 heavy (non-hydrogen) atoms. The van der Waals surface area contributed by atoms with Gasteiger partial charge in [-0.25, -0.2) is 13.8 Å². The van der Waals surface area contributed by atoms with Gasteiger partial charge in [0.25, 0.3) is 6.43 Å². The fourth-order valence-corrected chi connectivity index (χ4v) is 1.24. The van der Waals surface area contributed by atoms with Gasteiger partial charge in [0.1, 0.15) is 6.07 Å². The second-order valence-corrected chi connectivity index (χ2v) is 3.17. The van der Waals surface area contributed by atoms with Gasteiger partial charge in [0, 0.05) is 5.56 Å². The topological polar surface area (TPSA) is 69.7 Å². The zero-order valence-electron chi connectivity index (χ0n) is 9.00. The molecule has 4 nitrogen and oxygen atoms in total. The molecule has 0 radical (unpaired) electrons. The van der Waals surface area contributed by atoms with Crippen molar-refractivity contribution >= 4 is 0 Å². The number of alkyl halides is 5. The molecule has 0 N–H and O–H groups in total. The van der Waals surface area contributed by atoms with E-state index >= 15 is 0 Å². The smallest absolute Gasteiger partial charge is 0.403 e. The summed E-state index contributed by atoms with van der Waals surface area (Å²) >= 11 is 0. The Hall–Kier alpha value is -2.42. The maximum atomic E-state index is 12.6. The van der Waals surface area contributed by atoms with Crippen molar-refractivity contribution in [1.82, 2.24) is 4.98 Å². The molecule has 9 heteroatoms. The minimum absolute atomic E-state index is 0.371. The molecule has 0 aromatic carbocycles. The molecule has 1 aromatic heterocycles. The summed E-state index contributed by atoms with van der Waals surface area (Å²) in [5.74, 6) is -1.12. The van der Waals surface area contributed by atoms with Crippen LogP contribution in [0.3, 0.4) is 0 Å². The third-order valence-electron chi connectivity index (χ3n) is 1.91. The third-order valence-corrected chi connectivity index (χ3v) is 1.91. The van der Waals surface area contributed by atoms with Gasteiger partial charge in [0.2, 0.25) is 0 Å². The lowest BCUT2D eigenvalue weighted by atomic mass is 10.1. The lowest BCUT2D eigenvalue weighted by Gasteiger charge is -2.13. The van der Waals surface area contributed by atoms with Crippen LogP contribution in [0.2, 0.25) is 0 Å². The summed E-state index contributed by atoms with van der Waals surface area (Å²) in [7, 11) is 0. The van der Waals surface area contributed by atoms with Crippen LogP contribution in [0.15, 0.2) is 6.07 Å². The van der Waals surface area contributed by atoms with Crippen LogP contribution >= 0.6 is 0 Å². The average molecular weight is 277 g/mol. The fourth-order valence-electron chi connectivity index (χ4n) is 1.24. The molecule has 0 aliphatic heterocycles. The SMILES string of the molecule is N#CCc1nc(C#N)c(OC(F)(F)F)cc1C(F)F. The highest BCUT2D eigenvalue weighted by Gasteiger charge is 2.33. The van der Waals surface area contributed by atoms with Gasteiger partial charge in [-0.3, -0.25) is 0 Å². The largest absolute Gasteiger partial charge is 0.573 e. The van der Waals surface area contributed by atoms with E-state index in [4.69, 9.17) is 10.5 Å². The highest BCUT2D eigenvalue weighted by molar-refractivity contribution is 5.43. The van der Waals surface area contributed by atoms with Gasteiger partial charge in [0.15, 0.2) is 11.4 Å². The Kier molecular flexibility index (Phi) is 4.22. The molecule has 1 heterocycles. The van der Waals surface area contributed by atoms with Crippen LogP contribution in [0.4, 0.5) is 22.0 Å². The Morgan fingerprint density at radius 3 is 2.37 bits per heavy atom. The van der Waals surface area contributed by atoms with E-state index in [1.54, 1.807) is 0 Å². The molecule has 0 amide bonds. The first-order valence-corrected chi connectivity index (χ1v) is 4.63. The van der Waals surface area contributed by atoms with Crippen molar-refractivity contribution in [2.75, 3.05) is 0 Å². The first-order chi connectivity index (χ1) is 8.78. The van der Waals surface area contributed by atoms with Gasteiger partial charge >= 0.3 is 6.36 Å². The normalized spacial score (nSPS) is 10.9. The summed E-state index contributed by atoms with van der Waals surface area (Å²) in [6.07, 6.45) is -8.83. The maximum Gasteiger partial charge on any atom is 0.573 e. The number of hydrogen-bond donors (Lipinski definition) is 0. The molecular weight excluding hydrogens is 273 g/mol.